The van der Waals surface area contributed by atoms with Crippen molar-refractivity contribution in [3.05, 3.63) is 70.7 Å². The lowest BCUT2D eigenvalue weighted by Crippen LogP contribution is -2.29. The third kappa shape index (κ3) is 3.67. The molecule has 3 aromatic rings. The molecule has 0 aliphatic heterocycles. The van der Waals surface area contributed by atoms with Crippen molar-refractivity contribution in [1.82, 2.24) is 0 Å². The molecule has 2 N–H and O–H groups in total. The molecule has 0 aliphatic carbocycles. The normalized spacial score (nSPS) is 10.4. The summed E-state index contributed by atoms with van der Waals surface area (Å²) in [5.74, 6) is -1.62. The largest absolute Gasteiger partial charge is 0.318 e. The topological polar surface area (TPSA) is 58.2 Å². The Morgan fingerprint density at radius 3 is 2.25 bits per heavy atom. The van der Waals surface area contributed by atoms with Gasteiger partial charge in [-0.25, -0.2) is 0 Å². The molecule has 0 heterocycles. The lowest BCUT2D eigenvalue weighted by atomic mass is 10.1. The van der Waals surface area contributed by atoms with Crippen LogP contribution in [0, 0.1) is 0 Å². The van der Waals surface area contributed by atoms with Crippen LogP contribution in [-0.2, 0) is 9.59 Å². The van der Waals surface area contributed by atoms with E-state index in [4.69, 9.17) is 23.2 Å². The van der Waals surface area contributed by atoms with Crippen molar-refractivity contribution in [2.45, 2.75) is 0 Å². The Morgan fingerprint density at radius 2 is 1.46 bits per heavy atom. The van der Waals surface area contributed by atoms with Crippen LogP contribution in [0.1, 0.15) is 0 Å². The van der Waals surface area contributed by atoms with E-state index >= 15 is 0 Å². The lowest BCUT2D eigenvalue weighted by molar-refractivity contribution is -0.132. The molecule has 24 heavy (non-hydrogen) atoms. The summed E-state index contributed by atoms with van der Waals surface area (Å²) in [7, 11) is 0. The Hall–Kier alpha value is -2.56. The first-order chi connectivity index (χ1) is 11.5. The van der Waals surface area contributed by atoms with Crippen LogP contribution in [-0.4, -0.2) is 11.8 Å². The monoisotopic (exact) mass is 358 g/mol. The van der Waals surface area contributed by atoms with E-state index in [1.165, 1.54) is 6.07 Å². The van der Waals surface area contributed by atoms with Gasteiger partial charge in [-0.2, -0.15) is 0 Å². The van der Waals surface area contributed by atoms with Gasteiger partial charge in [0.25, 0.3) is 0 Å². The average molecular weight is 359 g/mol. The number of carbonyl (C=O) groups is 2. The predicted octanol–water partition coefficient (Wildman–Crippen LogP) is 4.72. The van der Waals surface area contributed by atoms with Crippen molar-refractivity contribution in [3.8, 4) is 0 Å². The minimum atomic E-state index is -0.827. The van der Waals surface area contributed by atoms with Gasteiger partial charge in [0, 0.05) is 10.7 Å². The smallest absolute Gasteiger partial charge is 0.314 e. The molecule has 0 aliphatic rings. The molecule has 3 aromatic carbocycles. The summed E-state index contributed by atoms with van der Waals surface area (Å²) in [6.45, 7) is 0. The van der Waals surface area contributed by atoms with Crippen LogP contribution in [0.5, 0.6) is 0 Å². The summed E-state index contributed by atoms with van der Waals surface area (Å²) >= 11 is 11.8. The number of anilines is 2. The highest BCUT2D eigenvalue weighted by atomic mass is 35.5. The minimum Gasteiger partial charge on any atom is -0.318 e. The summed E-state index contributed by atoms with van der Waals surface area (Å²) in [5.41, 5.74) is 0.814. The van der Waals surface area contributed by atoms with Gasteiger partial charge in [0.2, 0.25) is 0 Å². The number of benzene rings is 3. The molecule has 0 radical (unpaired) electrons. The van der Waals surface area contributed by atoms with Gasteiger partial charge < -0.3 is 10.6 Å². The van der Waals surface area contributed by atoms with Gasteiger partial charge in [0.15, 0.2) is 0 Å². The standard InChI is InChI=1S/C18H12Cl2N2O2/c19-13-6-8-15(20)16(10-13)22-18(24)17(23)21-14-7-5-11-3-1-2-4-12(11)9-14/h1-10H,(H,21,23)(H,22,24). The second-order valence-electron chi connectivity index (χ2n) is 5.09. The summed E-state index contributed by atoms with van der Waals surface area (Å²) in [6.07, 6.45) is 0. The molecule has 3 rings (SSSR count). The van der Waals surface area contributed by atoms with Crippen LogP contribution in [0.2, 0.25) is 10.0 Å². The molecule has 0 aromatic heterocycles. The van der Waals surface area contributed by atoms with E-state index in [2.05, 4.69) is 10.6 Å². The highest BCUT2D eigenvalue weighted by Gasteiger charge is 2.15. The third-order valence-corrected chi connectivity index (χ3v) is 3.95. The highest BCUT2D eigenvalue weighted by Crippen LogP contribution is 2.25. The van der Waals surface area contributed by atoms with E-state index in [0.29, 0.717) is 15.7 Å². The lowest BCUT2D eigenvalue weighted by Gasteiger charge is -2.09. The second kappa shape index (κ2) is 6.91. The van der Waals surface area contributed by atoms with Crippen molar-refractivity contribution in [2.75, 3.05) is 10.6 Å². The van der Waals surface area contributed by atoms with Crippen LogP contribution in [0.3, 0.4) is 0 Å². The number of carbonyl (C=O) groups excluding carboxylic acids is 2. The van der Waals surface area contributed by atoms with Crippen LogP contribution in [0.4, 0.5) is 11.4 Å². The van der Waals surface area contributed by atoms with E-state index in [9.17, 15) is 9.59 Å². The van der Waals surface area contributed by atoms with Gasteiger partial charge in [0.1, 0.15) is 0 Å². The zero-order valence-corrected chi connectivity index (χ0v) is 13.9. The van der Waals surface area contributed by atoms with Gasteiger partial charge in [-0.05, 0) is 41.1 Å². The number of hydrogen-bond donors (Lipinski definition) is 2. The minimum absolute atomic E-state index is 0.280. The molecule has 120 valence electrons. The maximum Gasteiger partial charge on any atom is 0.314 e. The Labute approximate surface area is 148 Å². The third-order valence-electron chi connectivity index (χ3n) is 3.39. The molecule has 0 spiro atoms. The number of nitrogens with one attached hydrogen (secondary N) is 2. The summed E-state index contributed by atoms with van der Waals surface area (Å²) < 4.78 is 0. The zero-order chi connectivity index (χ0) is 17.1. The summed E-state index contributed by atoms with van der Waals surface area (Å²) in [6, 6.07) is 17.8. The van der Waals surface area contributed by atoms with Gasteiger partial charge in [0.05, 0.1) is 10.7 Å². The molecule has 2 amide bonds. The fraction of sp³-hybridized carbons (Fsp3) is 0. The quantitative estimate of drug-likeness (QED) is 0.651. The number of hydrogen-bond acceptors (Lipinski definition) is 2. The van der Waals surface area contributed by atoms with Crippen LogP contribution in [0.25, 0.3) is 10.8 Å². The first kappa shape index (κ1) is 16.3. The molecule has 6 heteroatoms. The van der Waals surface area contributed by atoms with Gasteiger partial charge >= 0.3 is 11.8 Å². The molecule has 0 saturated heterocycles. The zero-order valence-electron chi connectivity index (χ0n) is 12.3. The Balaban J connectivity index is 1.73. The molecule has 0 bridgehead atoms. The molecule has 0 saturated carbocycles. The van der Waals surface area contributed by atoms with Crippen molar-refractivity contribution in [1.29, 1.82) is 0 Å². The average Bonchev–Trinajstić information content (AvgIpc) is 2.58. The van der Waals surface area contributed by atoms with Gasteiger partial charge in [-0.3, -0.25) is 9.59 Å². The van der Waals surface area contributed by atoms with Crippen molar-refractivity contribution >= 4 is 57.2 Å². The predicted molar refractivity (Wildman–Crippen MR) is 97.7 cm³/mol. The van der Waals surface area contributed by atoms with Gasteiger partial charge in [-0.15, -0.1) is 0 Å². The molecule has 0 fully saturated rings. The van der Waals surface area contributed by atoms with E-state index in [-0.39, 0.29) is 5.69 Å². The van der Waals surface area contributed by atoms with E-state index in [1.54, 1.807) is 24.3 Å². The fourth-order valence-electron chi connectivity index (χ4n) is 2.23. The molecule has 4 nitrogen and oxygen atoms in total. The Morgan fingerprint density at radius 1 is 0.750 bits per heavy atom. The number of fused-ring (bicyclic) bond motifs is 1. The number of amides is 2. The van der Waals surface area contributed by atoms with Crippen LogP contribution in [0.15, 0.2) is 60.7 Å². The van der Waals surface area contributed by atoms with Crippen LogP contribution < -0.4 is 10.6 Å². The first-order valence-electron chi connectivity index (χ1n) is 7.09. The Bertz CT molecular complexity index is 941. The fourth-order valence-corrected chi connectivity index (χ4v) is 2.56. The van der Waals surface area contributed by atoms with E-state index < -0.39 is 11.8 Å². The summed E-state index contributed by atoms with van der Waals surface area (Å²) in [4.78, 5) is 24.1. The van der Waals surface area contributed by atoms with Crippen LogP contribution >= 0.6 is 23.2 Å². The van der Waals surface area contributed by atoms with Gasteiger partial charge in [-0.1, -0.05) is 53.5 Å². The summed E-state index contributed by atoms with van der Waals surface area (Å²) in [5, 5.41) is 7.72. The molecular weight excluding hydrogens is 347 g/mol. The second-order valence-corrected chi connectivity index (χ2v) is 5.94. The van der Waals surface area contributed by atoms with Crippen molar-refractivity contribution < 1.29 is 9.59 Å². The van der Waals surface area contributed by atoms with E-state index in [0.717, 1.165) is 10.8 Å². The number of halogens is 2. The molecular formula is C18H12Cl2N2O2. The van der Waals surface area contributed by atoms with Crippen molar-refractivity contribution in [2.24, 2.45) is 0 Å². The highest BCUT2D eigenvalue weighted by molar-refractivity contribution is 6.45. The maximum absolute atomic E-state index is 12.0. The number of rotatable bonds is 2. The Kier molecular flexibility index (Phi) is 4.69. The molecule has 0 unspecified atom stereocenters. The molecule has 0 atom stereocenters. The van der Waals surface area contributed by atoms with Crippen molar-refractivity contribution in [3.63, 3.8) is 0 Å². The SMILES string of the molecule is O=C(Nc1ccc2ccccc2c1)C(=O)Nc1cc(Cl)ccc1Cl. The maximum atomic E-state index is 12.0. The first-order valence-corrected chi connectivity index (χ1v) is 7.85. The van der Waals surface area contributed by atoms with E-state index in [1.807, 2.05) is 30.3 Å².